The fourth-order valence-electron chi connectivity index (χ4n) is 11.1. The molecule has 0 spiro atoms. The third kappa shape index (κ3) is 74.2. The van der Waals surface area contributed by atoms with Crippen LogP contribution in [-0.2, 0) is 32.7 Å². The maximum atomic E-state index is 12.9. The van der Waals surface area contributed by atoms with Crippen LogP contribution in [0.5, 0.6) is 0 Å². The summed E-state index contributed by atoms with van der Waals surface area (Å²) in [6.07, 6.45) is 97.1. The van der Waals surface area contributed by atoms with Crippen LogP contribution in [0.2, 0.25) is 0 Å². The van der Waals surface area contributed by atoms with Crippen LogP contribution in [0, 0.1) is 0 Å². The normalized spacial score (nSPS) is 13.5. The lowest BCUT2D eigenvalue weighted by Gasteiger charge is -2.28. The van der Waals surface area contributed by atoms with Gasteiger partial charge in [0.25, 0.3) is 7.82 Å². The van der Waals surface area contributed by atoms with Gasteiger partial charge in [0.2, 0.25) is 0 Å². The molecular formula is C80H146NO8P. The molecule has 0 radical (unpaired) electrons. The Morgan fingerprint density at radius 2 is 0.633 bits per heavy atom. The van der Waals surface area contributed by atoms with Gasteiger partial charge < -0.3 is 27.9 Å². The predicted molar refractivity (Wildman–Crippen MR) is 388 cm³/mol. The molecule has 2 atom stereocenters. The number of unbranched alkanes of at least 4 members (excludes halogenated alkanes) is 43. The van der Waals surface area contributed by atoms with E-state index < -0.39 is 26.5 Å². The van der Waals surface area contributed by atoms with E-state index >= 15 is 0 Å². The Balaban J connectivity index is 3.96. The summed E-state index contributed by atoms with van der Waals surface area (Å²) >= 11 is 0. The molecule has 0 N–H and O–H groups in total. The molecule has 9 nitrogen and oxygen atoms in total. The van der Waals surface area contributed by atoms with E-state index in [4.69, 9.17) is 18.5 Å². The molecule has 90 heavy (non-hydrogen) atoms. The van der Waals surface area contributed by atoms with Crippen molar-refractivity contribution in [3.63, 3.8) is 0 Å². The molecule has 0 aromatic carbocycles. The van der Waals surface area contributed by atoms with Gasteiger partial charge in [-0.3, -0.25) is 14.2 Å². The Morgan fingerprint density at radius 1 is 0.356 bits per heavy atom. The number of hydrogen-bond donors (Lipinski definition) is 0. The molecule has 0 aromatic heterocycles. The predicted octanol–water partition coefficient (Wildman–Crippen LogP) is 24.6. The maximum Gasteiger partial charge on any atom is 0.306 e. The number of phosphoric ester groups is 1. The first kappa shape index (κ1) is 87.2. The van der Waals surface area contributed by atoms with Crippen LogP contribution in [-0.4, -0.2) is 70.0 Å². The monoisotopic (exact) mass is 1280 g/mol. The highest BCUT2D eigenvalue weighted by atomic mass is 31.2. The average molecular weight is 1280 g/mol. The van der Waals surface area contributed by atoms with E-state index in [1.165, 1.54) is 231 Å². The standard InChI is InChI=1S/C80H146NO8P/c1-6-8-10-12-14-16-18-20-22-24-26-28-30-32-34-35-36-37-38-39-40-41-42-43-44-45-47-48-50-52-54-56-58-60-62-64-66-68-70-72-79(82)86-76-78(77-88-90(84,85)87-75-74-81(3,4)5)89-80(83)73-71-69-67-65-63-61-59-57-55-53-51-49-46-33-31-29-27-25-23-21-19-17-15-13-11-9-7-2/h9,11,15,17,21,23,27,29,33,46,51,53,57,59,78H,6-8,10,12-14,16,18-20,22,24-26,28,30-32,34-45,47-50,52,54-56,58,60-77H2,1-5H3/b11-9-,17-15-,23-21-,29-27-,46-33-,53-51-,59-57-. The summed E-state index contributed by atoms with van der Waals surface area (Å²) in [4.78, 5) is 38.1. The van der Waals surface area contributed by atoms with E-state index in [0.717, 1.165) is 96.3 Å². The van der Waals surface area contributed by atoms with Crippen LogP contribution in [0.1, 0.15) is 361 Å². The average Bonchev–Trinajstić information content (AvgIpc) is 3.61. The highest BCUT2D eigenvalue weighted by molar-refractivity contribution is 7.45. The fourth-order valence-corrected chi connectivity index (χ4v) is 11.8. The van der Waals surface area contributed by atoms with Crippen LogP contribution in [0.4, 0.5) is 0 Å². The zero-order valence-electron chi connectivity index (χ0n) is 59.8. The van der Waals surface area contributed by atoms with Crippen molar-refractivity contribution in [2.75, 3.05) is 47.5 Å². The minimum absolute atomic E-state index is 0.0376. The lowest BCUT2D eigenvalue weighted by molar-refractivity contribution is -0.870. The molecule has 0 amide bonds. The second kappa shape index (κ2) is 70.5. The molecule has 0 fully saturated rings. The van der Waals surface area contributed by atoms with Crippen molar-refractivity contribution in [2.24, 2.45) is 0 Å². The summed E-state index contributed by atoms with van der Waals surface area (Å²) in [5, 5.41) is 0. The summed E-state index contributed by atoms with van der Waals surface area (Å²) in [6, 6.07) is 0. The first-order chi connectivity index (χ1) is 44.0. The van der Waals surface area contributed by atoms with Gasteiger partial charge in [-0.15, -0.1) is 0 Å². The second-order valence-electron chi connectivity index (χ2n) is 27.0. The summed E-state index contributed by atoms with van der Waals surface area (Å²) in [5.74, 6) is -0.846. The Morgan fingerprint density at radius 3 is 0.944 bits per heavy atom. The number of nitrogens with zero attached hydrogens (tertiary/aromatic N) is 1. The van der Waals surface area contributed by atoms with Gasteiger partial charge in [-0.05, 0) is 70.6 Å². The van der Waals surface area contributed by atoms with Gasteiger partial charge >= 0.3 is 11.9 Å². The van der Waals surface area contributed by atoms with Gasteiger partial charge in [-0.1, -0.05) is 362 Å². The summed E-state index contributed by atoms with van der Waals surface area (Å²) in [6.45, 7) is 4.15. The van der Waals surface area contributed by atoms with Crippen molar-refractivity contribution in [1.29, 1.82) is 0 Å². The van der Waals surface area contributed by atoms with Crippen molar-refractivity contribution in [1.82, 2.24) is 0 Å². The summed E-state index contributed by atoms with van der Waals surface area (Å²) in [5.41, 5.74) is 0. The van der Waals surface area contributed by atoms with Gasteiger partial charge in [0, 0.05) is 12.8 Å². The highest BCUT2D eigenvalue weighted by Crippen LogP contribution is 2.38. The smallest absolute Gasteiger partial charge is 0.306 e. The minimum Gasteiger partial charge on any atom is -0.756 e. The van der Waals surface area contributed by atoms with E-state index in [1.807, 2.05) is 21.1 Å². The highest BCUT2D eigenvalue weighted by Gasteiger charge is 2.22. The van der Waals surface area contributed by atoms with E-state index in [0.29, 0.717) is 17.4 Å². The van der Waals surface area contributed by atoms with Crippen molar-refractivity contribution >= 4 is 19.8 Å². The molecule has 0 heterocycles. The summed E-state index contributed by atoms with van der Waals surface area (Å²) in [7, 11) is 1.15. The van der Waals surface area contributed by atoms with Crippen molar-refractivity contribution in [2.45, 2.75) is 367 Å². The Bertz CT molecular complexity index is 1800. The zero-order chi connectivity index (χ0) is 65.5. The van der Waals surface area contributed by atoms with E-state index in [1.54, 1.807) is 0 Å². The lowest BCUT2D eigenvalue weighted by atomic mass is 10.0. The number of ether oxygens (including phenoxy) is 2. The number of allylic oxidation sites excluding steroid dienone is 14. The quantitative estimate of drug-likeness (QED) is 0.0195. The van der Waals surface area contributed by atoms with Gasteiger partial charge in [0.1, 0.15) is 19.8 Å². The third-order valence-corrected chi connectivity index (χ3v) is 17.9. The van der Waals surface area contributed by atoms with Gasteiger partial charge in [0.15, 0.2) is 6.10 Å². The number of rotatable bonds is 71. The number of phosphoric acid groups is 1. The van der Waals surface area contributed by atoms with E-state index in [2.05, 4.69) is 98.9 Å². The molecule has 0 rings (SSSR count). The topological polar surface area (TPSA) is 111 Å². The van der Waals surface area contributed by atoms with Crippen molar-refractivity contribution < 1.29 is 42.1 Å². The third-order valence-electron chi connectivity index (χ3n) is 16.9. The SMILES string of the molecule is CC/C=C\C/C=C\C/C=C\C/C=C\C/C=C\C/C=C\C/C=C\CCCCCCCC(=O)OC(COC(=O)CCCCCCCCCCCCCCCCCCCCCCCCCCCCCCCCCCCCCCCCC)COP(=O)([O-])OCC[N+](C)(C)C. The number of likely N-dealkylation sites (N-methyl/N-ethyl adjacent to an activating group) is 1. The zero-order valence-corrected chi connectivity index (χ0v) is 60.7. The first-order valence-corrected chi connectivity index (χ1v) is 39.8. The van der Waals surface area contributed by atoms with E-state index in [9.17, 15) is 19.0 Å². The largest absolute Gasteiger partial charge is 0.756 e. The molecule has 0 aromatic rings. The number of quaternary nitrogens is 1. The maximum absolute atomic E-state index is 12.9. The number of hydrogen-bond acceptors (Lipinski definition) is 8. The van der Waals surface area contributed by atoms with Gasteiger partial charge in [-0.25, -0.2) is 0 Å². The van der Waals surface area contributed by atoms with Crippen molar-refractivity contribution in [3.05, 3.63) is 85.1 Å². The molecule has 2 unspecified atom stereocenters. The molecule has 0 saturated heterocycles. The molecule has 0 aliphatic heterocycles. The molecule has 0 bridgehead atoms. The van der Waals surface area contributed by atoms with Crippen LogP contribution >= 0.6 is 7.82 Å². The van der Waals surface area contributed by atoms with Crippen molar-refractivity contribution in [3.8, 4) is 0 Å². The molecule has 524 valence electrons. The molecular weight excluding hydrogens is 1130 g/mol. The minimum atomic E-state index is -4.65. The van der Waals surface area contributed by atoms with Crippen LogP contribution in [0.3, 0.4) is 0 Å². The Hall–Kier alpha value is -2.81. The first-order valence-electron chi connectivity index (χ1n) is 38.3. The Labute approximate surface area is 558 Å². The Kier molecular flexibility index (Phi) is 68.3. The summed E-state index contributed by atoms with van der Waals surface area (Å²) < 4.78 is 34.3. The number of carbonyl (C=O) groups excluding carboxylic acids is 2. The van der Waals surface area contributed by atoms with Crippen LogP contribution in [0.25, 0.3) is 0 Å². The van der Waals surface area contributed by atoms with E-state index in [-0.39, 0.29) is 32.0 Å². The number of esters is 2. The molecule has 0 aliphatic carbocycles. The van der Waals surface area contributed by atoms with Crippen LogP contribution in [0.15, 0.2) is 85.1 Å². The van der Waals surface area contributed by atoms with Gasteiger partial charge in [-0.2, -0.15) is 0 Å². The van der Waals surface area contributed by atoms with Crippen LogP contribution < -0.4 is 4.89 Å². The molecule has 10 heteroatoms. The fraction of sp³-hybridized carbons (Fsp3) is 0.800. The van der Waals surface area contributed by atoms with Gasteiger partial charge in [0.05, 0.1) is 27.7 Å². The second-order valence-corrected chi connectivity index (χ2v) is 28.4. The lowest BCUT2D eigenvalue weighted by Crippen LogP contribution is -2.37. The molecule has 0 aliphatic rings. The molecule has 0 saturated carbocycles. The number of carbonyl (C=O) groups is 2.